The van der Waals surface area contributed by atoms with Crippen molar-refractivity contribution in [1.82, 2.24) is 0 Å². The molecule has 0 rings (SSSR count). The standard InChI is InChI=1S/C5H8O2.C5H8O.C4H6O2.C4H8O.C3H6O.8CH4/c1-4(6)3-5(2)7;1-3-4-5(2)6;1-4(6)2-3-5;1-3-4(2)5;1-3(2)4;;;;;;;;/h3H2,1-2H3;3H,1,4H2,2H3;3H,2H2,1H3;3H2,1-2H3;1-2H3;8*1H4. The van der Waals surface area contributed by atoms with Crippen LogP contribution in [0.5, 0.6) is 0 Å². The van der Waals surface area contributed by atoms with Crippen LogP contribution in [0.1, 0.15) is 140 Å². The van der Waals surface area contributed by atoms with E-state index in [-0.39, 0.29) is 107 Å². The van der Waals surface area contributed by atoms with Crippen LogP contribution in [0.15, 0.2) is 12.7 Å². The maximum Gasteiger partial charge on any atom is 0.137 e. The third kappa shape index (κ3) is 327. The van der Waals surface area contributed by atoms with Crippen LogP contribution in [0.3, 0.4) is 0 Å². The van der Waals surface area contributed by atoms with Gasteiger partial charge in [-0.3, -0.25) is 19.2 Å². The van der Waals surface area contributed by atoms with E-state index in [0.29, 0.717) is 19.1 Å². The van der Waals surface area contributed by atoms with Gasteiger partial charge in [-0.05, 0) is 48.5 Å². The van der Waals surface area contributed by atoms with Crippen molar-refractivity contribution in [2.45, 2.75) is 140 Å². The highest BCUT2D eigenvalue weighted by Gasteiger charge is 1.94. The lowest BCUT2D eigenvalue weighted by Crippen LogP contribution is -1.97. The molecule has 0 aliphatic heterocycles. The highest BCUT2D eigenvalue weighted by atomic mass is 16.2. The van der Waals surface area contributed by atoms with Gasteiger partial charge in [-0.2, -0.15) is 0 Å². The first-order valence-corrected chi connectivity index (χ1v) is 8.66. The predicted octanol–water partition coefficient (Wildman–Crippen LogP) is 8.54. The molecule has 226 valence electrons. The highest BCUT2D eigenvalue weighted by Crippen LogP contribution is 1.80. The molecule has 0 N–H and O–H groups in total. The predicted molar refractivity (Wildman–Crippen MR) is 164 cm³/mol. The van der Waals surface area contributed by atoms with Gasteiger partial charge in [-0.15, -0.1) is 6.58 Å². The van der Waals surface area contributed by atoms with Crippen LogP contribution in [0, 0.1) is 0 Å². The Balaban J connectivity index is -0.0000000160. The minimum Gasteiger partial charge on any atom is -0.303 e. The zero-order valence-corrected chi connectivity index (χ0v) is 18.5. The summed E-state index contributed by atoms with van der Waals surface area (Å²) in [5.74, 6) is 0.389. The van der Waals surface area contributed by atoms with Gasteiger partial charge in [0.25, 0.3) is 0 Å². The Labute approximate surface area is 227 Å². The first-order chi connectivity index (χ1) is 12.7. The third-order valence-electron chi connectivity index (χ3n) is 1.80. The number of ketones is 6. The Hall–Kier alpha value is -2.57. The van der Waals surface area contributed by atoms with Gasteiger partial charge in [-0.25, -0.2) is 0 Å². The lowest BCUT2D eigenvalue weighted by Gasteiger charge is -1.81. The highest BCUT2D eigenvalue weighted by molar-refractivity contribution is 5.96. The molecule has 7 nitrogen and oxygen atoms in total. The summed E-state index contributed by atoms with van der Waals surface area (Å²) in [6.45, 7) is 15.6. The van der Waals surface area contributed by atoms with E-state index in [4.69, 9.17) is 0 Å². The molecule has 7 heteroatoms. The molecule has 0 aliphatic carbocycles. The van der Waals surface area contributed by atoms with E-state index in [9.17, 15) is 33.6 Å². The van der Waals surface area contributed by atoms with Gasteiger partial charge in [0.1, 0.15) is 41.0 Å². The number of carbonyl (C=O) groups excluding carboxylic acids is 7. The number of aldehydes is 1. The monoisotopic (exact) mass is 528 g/mol. The summed E-state index contributed by atoms with van der Waals surface area (Å²) in [6.07, 6.45) is 3.50. The van der Waals surface area contributed by atoms with Crippen LogP contribution in [-0.4, -0.2) is 41.0 Å². The Kier molecular flexibility index (Phi) is 163. The second-order valence-electron chi connectivity index (χ2n) is 5.81. The van der Waals surface area contributed by atoms with Crippen molar-refractivity contribution in [3.63, 3.8) is 0 Å². The number of hydrogen-bond donors (Lipinski definition) is 0. The fourth-order valence-corrected chi connectivity index (χ4v) is 0.671. The second-order valence-corrected chi connectivity index (χ2v) is 5.81. The zero-order valence-electron chi connectivity index (χ0n) is 18.5. The first-order valence-electron chi connectivity index (χ1n) is 8.66. The van der Waals surface area contributed by atoms with Gasteiger partial charge in [0.2, 0.25) is 0 Å². The van der Waals surface area contributed by atoms with E-state index in [2.05, 4.69) is 6.58 Å². The molecule has 0 aromatic rings. The van der Waals surface area contributed by atoms with E-state index in [1.165, 1.54) is 34.6 Å². The van der Waals surface area contributed by atoms with Crippen molar-refractivity contribution >= 4 is 41.0 Å². The smallest absolute Gasteiger partial charge is 0.137 e. The summed E-state index contributed by atoms with van der Waals surface area (Å²) >= 11 is 0. The molecule has 0 fully saturated rings. The van der Waals surface area contributed by atoms with Crippen LogP contribution in [0.4, 0.5) is 0 Å². The van der Waals surface area contributed by atoms with Crippen LogP contribution >= 0.6 is 0 Å². The summed E-state index contributed by atoms with van der Waals surface area (Å²) in [7, 11) is 0. The van der Waals surface area contributed by atoms with E-state index < -0.39 is 0 Å². The molecule has 0 aliphatic rings. The molecule has 0 atom stereocenters. The van der Waals surface area contributed by atoms with Gasteiger partial charge in [0, 0.05) is 12.8 Å². The first kappa shape index (κ1) is 84.2. The maximum atomic E-state index is 10.0. The van der Waals surface area contributed by atoms with E-state index in [1.807, 2.05) is 6.92 Å². The van der Waals surface area contributed by atoms with Gasteiger partial charge < -0.3 is 14.4 Å². The lowest BCUT2D eigenvalue weighted by atomic mass is 10.2. The average Bonchev–Trinajstić information content (AvgIpc) is 2.46. The van der Waals surface area contributed by atoms with Gasteiger partial charge in [0.05, 0.1) is 12.8 Å². The van der Waals surface area contributed by atoms with Gasteiger partial charge in [0.15, 0.2) is 0 Å². The summed E-state index contributed by atoms with van der Waals surface area (Å²) < 4.78 is 0. The van der Waals surface area contributed by atoms with Crippen LogP contribution in [0.2, 0.25) is 0 Å². The molecule has 0 radical (unpaired) electrons. The van der Waals surface area contributed by atoms with Crippen molar-refractivity contribution in [3.05, 3.63) is 12.7 Å². The van der Waals surface area contributed by atoms with Crippen molar-refractivity contribution < 1.29 is 33.6 Å². The minimum absolute atomic E-state index is 0. The van der Waals surface area contributed by atoms with Crippen LogP contribution < -0.4 is 0 Å². The van der Waals surface area contributed by atoms with Crippen molar-refractivity contribution in [1.29, 1.82) is 0 Å². The minimum atomic E-state index is -0.0787. The quantitative estimate of drug-likeness (QED) is 0.184. The van der Waals surface area contributed by atoms with Crippen LogP contribution in [-0.2, 0) is 33.6 Å². The number of allylic oxidation sites excluding steroid dienone is 1. The Morgan fingerprint density at radius 3 is 0.750 bits per heavy atom. The molecule has 0 saturated heterocycles. The molecule has 0 spiro atoms. The Morgan fingerprint density at radius 1 is 0.528 bits per heavy atom. The molecular formula is C29H68O7. The molecule has 0 aromatic carbocycles. The molecular weight excluding hydrogens is 460 g/mol. The summed E-state index contributed by atoms with van der Waals surface area (Å²) in [4.78, 5) is 68.5. The molecule has 0 amide bonds. The van der Waals surface area contributed by atoms with Gasteiger partial charge in [-0.1, -0.05) is 72.4 Å². The van der Waals surface area contributed by atoms with Crippen molar-refractivity contribution in [2.75, 3.05) is 0 Å². The number of rotatable bonds is 7. The maximum absolute atomic E-state index is 10.0. The molecule has 0 bridgehead atoms. The van der Waals surface area contributed by atoms with Crippen molar-refractivity contribution in [2.24, 2.45) is 0 Å². The summed E-state index contributed by atoms with van der Waals surface area (Å²) in [5, 5.41) is 0. The topological polar surface area (TPSA) is 119 Å². The Morgan fingerprint density at radius 2 is 0.750 bits per heavy atom. The molecule has 0 unspecified atom stereocenters. The lowest BCUT2D eigenvalue weighted by molar-refractivity contribution is -0.125. The Bertz CT molecular complexity index is 470. The second kappa shape index (κ2) is 69.8. The summed E-state index contributed by atoms with van der Waals surface area (Å²) in [5.41, 5.74) is 0. The molecule has 36 heavy (non-hydrogen) atoms. The average molecular weight is 529 g/mol. The SMILES string of the molecule is C.C.C.C.C.C.C.C.C=CCC(C)=O.CC(=O)CC(C)=O.CC(=O)CC=O.CC(C)=O.CCC(C)=O. The fraction of sp³-hybridized carbons (Fsp3) is 0.690. The van der Waals surface area contributed by atoms with E-state index in [1.54, 1.807) is 19.9 Å². The molecule has 0 aromatic heterocycles. The fourth-order valence-electron chi connectivity index (χ4n) is 0.671. The largest absolute Gasteiger partial charge is 0.303 e. The number of Topliss-reactive ketones (excluding diaryl/α,β-unsaturated/α-hetero) is 6. The van der Waals surface area contributed by atoms with Gasteiger partial charge >= 0.3 is 0 Å². The molecule has 0 saturated carbocycles. The van der Waals surface area contributed by atoms with Crippen LogP contribution in [0.25, 0.3) is 0 Å². The molecule has 0 heterocycles. The number of carbonyl (C=O) groups is 7. The number of hydrogen-bond acceptors (Lipinski definition) is 7. The zero-order chi connectivity index (χ0) is 23.7. The van der Waals surface area contributed by atoms with Crippen molar-refractivity contribution in [3.8, 4) is 0 Å². The summed E-state index contributed by atoms with van der Waals surface area (Å²) in [6, 6.07) is 0. The normalized spacial score (nSPS) is 5.89. The van der Waals surface area contributed by atoms with E-state index >= 15 is 0 Å². The van der Waals surface area contributed by atoms with E-state index in [0.717, 1.165) is 0 Å². The third-order valence-corrected chi connectivity index (χ3v) is 1.80.